The zero-order chi connectivity index (χ0) is 12.8. The van der Waals surface area contributed by atoms with E-state index < -0.39 is 0 Å². The van der Waals surface area contributed by atoms with Crippen LogP contribution in [0.25, 0.3) is 0 Å². The largest absolute Gasteiger partial charge is 0.342 e. The summed E-state index contributed by atoms with van der Waals surface area (Å²) in [5.74, 6) is 1.93. The van der Waals surface area contributed by atoms with Crippen LogP contribution in [0.4, 0.5) is 0 Å². The van der Waals surface area contributed by atoms with Crippen molar-refractivity contribution in [2.45, 2.75) is 40.5 Å². The average Bonchev–Trinajstić information content (AvgIpc) is 2.69. The number of carbonyl (C=O) groups is 1. The van der Waals surface area contributed by atoms with Crippen molar-refractivity contribution in [2.75, 3.05) is 19.0 Å². The second kappa shape index (κ2) is 4.15. The third kappa shape index (κ3) is 1.99. The van der Waals surface area contributed by atoms with Gasteiger partial charge in [-0.15, -0.1) is 11.6 Å². The zero-order valence-electron chi connectivity index (χ0n) is 11.4. The number of hydrogen-bond donors (Lipinski definition) is 0. The molecule has 2 nitrogen and oxygen atoms in total. The Morgan fingerprint density at radius 3 is 2.00 bits per heavy atom. The summed E-state index contributed by atoms with van der Waals surface area (Å²) in [6, 6.07) is 0. The van der Waals surface area contributed by atoms with Gasteiger partial charge in [0, 0.05) is 24.9 Å². The molecule has 1 amide bonds. The summed E-state index contributed by atoms with van der Waals surface area (Å²) >= 11 is 5.87. The Morgan fingerprint density at radius 1 is 1.18 bits per heavy atom. The van der Waals surface area contributed by atoms with Crippen LogP contribution in [0.1, 0.15) is 40.5 Å². The molecule has 98 valence electrons. The van der Waals surface area contributed by atoms with E-state index in [-0.39, 0.29) is 16.7 Å². The van der Waals surface area contributed by atoms with Crippen LogP contribution in [0.5, 0.6) is 0 Å². The first-order chi connectivity index (χ1) is 7.82. The van der Waals surface area contributed by atoms with Crippen LogP contribution in [-0.4, -0.2) is 29.8 Å². The van der Waals surface area contributed by atoms with Crippen LogP contribution in [0, 0.1) is 22.7 Å². The molecule has 0 aromatic heterocycles. The molecule has 1 aliphatic carbocycles. The van der Waals surface area contributed by atoms with Crippen LogP contribution in [0.3, 0.4) is 0 Å². The van der Waals surface area contributed by atoms with Crippen molar-refractivity contribution in [2.24, 2.45) is 22.7 Å². The van der Waals surface area contributed by atoms with E-state index >= 15 is 0 Å². The lowest BCUT2D eigenvalue weighted by molar-refractivity contribution is -0.135. The SMILES string of the molecule is CC1(C)C(C(=O)N2CCC(CCl)CC2)C1(C)C. The Kier molecular flexibility index (Phi) is 3.22. The molecule has 0 N–H and O–H groups in total. The van der Waals surface area contributed by atoms with Crippen LogP contribution < -0.4 is 0 Å². The van der Waals surface area contributed by atoms with Gasteiger partial charge in [-0.2, -0.15) is 0 Å². The topological polar surface area (TPSA) is 20.3 Å². The second-order valence-electron chi connectivity index (χ2n) is 6.80. The molecule has 2 aliphatic rings. The summed E-state index contributed by atoms with van der Waals surface area (Å²) in [6.45, 7) is 10.6. The summed E-state index contributed by atoms with van der Waals surface area (Å²) in [6.07, 6.45) is 2.14. The lowest BCUT2D eigenvalue weighted by Gasteiger charge is -2.31. The van der Waals surface area contributed by atoms with Crippen molar-refractivity contribution in [3.63, 3.8) is 0 Å². The fourth-order valence-corrected chi connectivity index (χ4v) is 3.61. The molecular weight excluding hydrogens is 234 g/mol. The van der Waals surface area contributed by atoms with Crippen molar-refractivity contribution in [1.29, 1.82) is 0 Å². The Morgan fingerprint density at radius 2 is 1.65 bits per heavy atom. The maximum atomic E-state index is 12.5. The van der Waals surface area contributed by atoms with Gasteiger partial charge in [0.05, 0.1) is 0 Å². The molecule has 0 unspecified atom stereocenters. The van der Waals surface area contributed by atoms with E-state index in [2.05, 4.69) is 32.6 Å². The van der Waals surface area contributed by atoms with Gasteiger partial charge in [0.1, 0.15) is 0 Å². The Bertz CT molecular complexity index is 302. The van der Waals surface area contributed by atoms with Crippen LogP contribution in [0.2, 0.25) is 0 Å². The van der Waals surface area contributed by atoms with E-state index in [4.69, 9.17) is 11.6 Å². The van der Waals surface area contributed by atoms with E-state index in [0.717, 1.165) is 31.8 Å². The van der Waals surface area contributed by atoms with Gasteiger partial charge in [0.15, 0.2) is 0 Å². The van der Waals surface area contributed by atoms with Crippen molar-refractivity contribution in [3.8, 4) is 0 Å². The molecule has 17 heavy (non-hydrogen) atoms. The summed E-state index contributed by atoms with van der Waals surface area (Å²) in [4.78, 5) is 14.5. The van der Waals surface area contributed by atoms with Crippen molar-refractivity contribution < 1.29 is 4.79 Å². The van der Waals surface area contributed by atoms with Crippen LogP contribution >= 0.6 is 11.6 Å². The third-order valence-electron chi connectivity index (χ3n) is 5.41. The van der Waals surface area contributed by atoms with Gasteiger partial charge in [-0.05, 0) is 29.6 Å². The van der Waals surface area contributed by atoms with Gasteiger partial charge >= 0.3 is 0 Å². The molecule has 1 heterocycles. The van der Waals surface area contributed by atoms with Crippen LogP contribution in [-0.2, 0) is 4.79 Å². The molecule has 0 atom stereocenters. The molecule has 2 rings (SSSR count). The van der Waals surface area contributed by atoms with Crippen molar-refractivity contribution >= 4 is 17.5 Å². The number of hydrogen-bond acceptors (Lipinski definition) is 1. The highest BCUT2D eigenvalue weighted by Crippen LogP contribution is 2.68. The summed E-state index contributed by atoms with van der Waals surface area (Å²) in [7, 11) is 0. The number of rotatable bonds is 2. The standard InChI is InChI=1S/C14H24ClNO/c1-13(2)11(14(13,3)4)12(17)16-7-5-10(9-15)6-8-16/h10-11H,5-9H2,1-4H3. The fourth-order valence-electron chi connectivity index (χ4n) is 3.30. The van der Waals surface area contributed by atoms with E-state index in [0.29, 0.717) is 11.8 Å². The van der Waals surface area contributed by atoms with E-state index in [1.165, 1.54) is 0 Å². The summed E-state index contributed by atoms with van der Waals surface area (Å²) in [5.41, 5.74) is 0.320. The molecule has 0 spiro atoms. The molecule has 3 heteroatoms. The van der Waals surface area contributed by atoms with Crippen molar-refractivity contribution in [1.82, 2.24) is 4.90 Å². The molecule has 0 aromatic rings. The van der Waals surface area contributed by atoms with Gasteiger partial charge in [0.2, 0.25) is 5.91 Å². The lowest BCUT2D eigenvalue weighted by Crippen LogP contribution is -2.40. The average molecular weight is 258 g/mol. The first-order valence-electron chi connectivity index (χ1n) is 6.67. The smallest absolute Gasteiger partial charge is 0.226 e. The molecule has 0 aromatic carbocycles. The number of carbonyl (C=O) groups excluding carboxylic acids is 1. The zero-order valence-corrected chi connectivity index (χ0v) is 12.2. The quantitative estimate of drug-likeness (QED) is 0.696. The maximum absolute atomic E-state index is 12.5. The minimum Gasteiger partial charge on any atom is -0.342 e. The van der Waals surface area contributed by atoms with Gasteiger partial charge in [-0.1, -0.05) is 27.7 Å². The normalized spacial score (nSPS) is 28.2. The third-order valence-corrected chi connectivity index (χ3v) is 5.85. The van der Waals surface area contributed by atoms with E-state index in [9.17, 15) is 4.79 Å². The lowest BCUT2D eigenvalue weighted by atomic mass is 9.98. The highest BCUT2D eigenvalue weighted by Gasteiger charge is 2.68. The second-order valence-corrected chi connectivity index (χ2v) is 7.11. The molecule has 1 saturated carbocycles. The van der Waals surface area contributed by atoms with Crippen LogP contribution in [0.15, 0.2) is 0 Å². The monoisotopic (exact) mass is 257 g/mol. The fraction of sp³-hybridized carbons (Fsp3) is 0.929. The predicted molar refractivity (Wildman–Crippen MR) is 71.1 cm³/mol. The highest BCUT2D eigenvalue weighted by molar-refractivity contribution is 6.18. The molecule has 0 bridgehead atoms. The molecule has 2 fully saturated rings. The van der Waals surface area contributed by atoms with Gasteiger partial charge in [0.25, 0.3) is 0 Å². The van der Waals surface area contributed by atoms with Gasteiger partial charge in [-0.3, -0.25) is 4.79 Å². The highest BCUT2D eigenvalue weighted by atomic mass is 35.5. The predicted octanol–water partition coefficient (Wildman–Crippen LogP) is 3.15. The number of likely N-dealkylation sites (tertiary alicyclic amines) is 1. The first kappa shape index (κ1) is 13.2. The number of alkyl halides is 1. The molecule has 1 saturated heterocycles. The molecule has 0 radical (unpaired) electrons. The van der Waals surface area contributed by atoms with Gasteiger partial charge < -0.3 is 4.90 Å². The minimum absolute atomic E-state index is 0.160. The Balaban J connectivity index is 1.95. The van der Waals surface area contributed by atoms with E-state index in [1.807, 2.05) is 0 Å². The number of amides is 1. The maximum Gasteiger partial charge on any atom is 0.226 e. The summed E-state index contributed by atoms with van der Waals surface area (Å²) < 4.78 is 0. The number of halogens is 1. The first-order valence-corrected chi connectivity index (χ1v) is 7.20. The minimum atomic E-state index is 0.160. The Hall–Kier alpha value is -0.240. The summed E-state index contributed by atoms with van der Waals surface area (Å²) in [5, 5.41) is 0. The number of piperidine rings is 1. The molecule has 1 aliphatic heterocycles. The van der Waals surface area contributed by atoms with Crippen molar-refractivity contribution in [3.05, 3.63) is 0 Å². The molecular formula is C14H24ClNO. The Labute approximate surface area is 110 Å². The van der Waals surface area contributed by atoms with Gasteiger partial charge in [-0.25, -0.2) is 0 Å². The number of nitrogens with zero attached hydrogens (tertiary/aromatic N) is 1. The van der Waals surface area contributed by atoms with E-state index in [1.54, 1.807) is 0 Å².